The Kier molecular flexibility index (Phi) is 23.0. The van der Waals surface area contributed by atoms with E-state index < -0.39 is 0 Å². The average Bonchev–Trinajstić information content (AvgIpc) is 4.00. The Hall–Kier alpha value is -5.61. The SMILES string of the molecule is C/C=C1\C[C@H]2C=Nc3cc(OCc4cc(COc5cc6c(cc5OC)C(=O)N5C/C(=C/C)C[C@H]5C=N6)cc(OCCOCCOCCOCCOCCOCCNC(=O)CCC(C)(C)SSC)c4)c(OC)cc3C(=O)N2C1. The van der Waals surface area contributed by atoms with Crippen molar-refractivity contribution in [3.05, 3.63) is 88.0 Å². The number of fused-ring (bicyclic) bond motifs is 4. The maximum absolute atomic E-state index is 13.7. The number of nitrogens with one attached hydrogen (secondary N) is 1. The van der Waals surface area contributed by atoms with E-state index in [9.17, 15) is 14.4 Å². The van der Waals surface area contributed by atoms with Gasteiger partial charge in [-0.3, -0.25) is 24.4 Å². The number of carbonyl (C=O) groups is 3. The Morgan fingerprint density at radius 3 is 1.53 bits per heavy atom. The molecule has 2 saturated heterocycles. The molecule has 418 valence electrons. The number of methoxy groups -OCH3 is 2. The van der Waals surface area contributed by atoms with Gasteiger partial charge in [0.1, 0.15) is 25.6 Å². The molecule has 7 rings (SSSR count). The molecule has 77 heavy (non-hydrogen) atoms. The summed E-state index contributed by atoms with van der Waals surface area (Å²) in [5.41, 5.74) is 5.92. The second kappa shape index (κ2) is 29.9. The number of hydrogen-bond acceptors (Lipinski definition) is 17. The van der Waals surface area contributed by atoms with E-state index >= 15 is 0 Å². The molecule has 3 aromatic rings. The summed E-state index contributed by atoms with van der Waals surface area (Å²) in [4.78, 5) is 52.7. The van der Waals surface area contributed by atoms with Crippen LogP contribution in [0.2, 0.25) is 0 Å². The van der Waals surface area contributed by atoms with Crippen LogP contribution in [0, 0.1) is 0 Å². The van der Waals surface area contributed by atoms with Gasteiger partial charge in [0.05, 0.1) is 115 Å². The molecule has 0 saturated carbocycles. The number of benzene rings is 3. The molecule has 4 aliphatic heterocycles. The minimum absolute atomic E-state index is 0.0443. The van der Waals surface area contributed by atoms with Crippen LogP contribution in [0.25, 0.3) is 0 Å². The zero-order valence-electron chi connectivity index (χ0n) is 45.6. The number of hydrogen-bond donors (Lipinski definition) is 1. The third kappa shape index (κ3) is 17.2. The number of amides is 3. The van der Waals surface area contributed by atoms with Gasteiger partial charge in [-0.15, -0.1) is 0 Å². The van der Waals surface area contributed by atoms with Crippen LogP contribution >= 0.6 is 21.6 Å². The van der Waals surface area contributed by atoms with Crippen molar-refractivity contribution >= 4 is 63.1 Å². The third-order valence-corrected chi connectivity index (χ3v) is 15.9. The summed E-state index contributed by atoms with van der Waals surface area (Å²) in [5.74, 6) is 2.11. The first kappa shape index (κ1) is 59.1. The van der Waals surface area contributed by atoms with Crippen LogP contribution in [-0.4, -0.2) is 170 Å². The fraction of sp³-hybridized carbons (Fsp3) is 0.526. The van der Waals surface area contributed by atoms with Crippen molar-refractivity contribution in [3.8, 4) is 28.7 Å². The monoisotopic (exact) mass is 1100 g/mol. The second-order valence-electron chi connectivity index (χ2n) is 19.2. The quantitative estimate of drug-likeness (QED) is 0.0355. The Morgan fingerprint density at radius 2 is 1.09 bits per heavy atom. The summed E-state index contributed by atoms with van der Waals surface area (Å²) in [6.45, 7) is 14.6. The van der Waals surface area contributed by atoms with Crippen molar-refractivity contribution in [2.45, 2.75) is 83.4 Å². The van der Waals surface area contributed by atoms with Crippen molar-refractivity contribution in [1.29, 1.82) is 0 Å². The van der Waals surface area contributed by atoms with Crippen molar-refractivity contribution in [3.63, 3.8) is 0 Å². The lowest BCUT2D eigenvalue weighted by molar-refractivity contribution is -0.121. The van der Waals surface area contributed by atoms with Crippen molar-refractivity contribution in [2.24, 2.45) is 9.98 Å². The largest absolute Gasteiger partial charge is 0.493 e. The first-order valence-corrected chi connectivity index (χ1v) is 28.8. The molecule has 0 bridgehead atoms. The van der Waals surface area contributed by atoms with Crippen LogP contribution in [0.4, 0.5) is 11.4 Å². The van der Waals surface area contributed by atoms with E-state index in [1.807, 2.05) is 60.5 Å². The summed E-state index contributed by atoms with van der Waals surface area (Å²) < 4.78 is 58.9. The molecule has 0 radical (unpaired) electrons. The Morgan fingerprint density at radius 1 is 0.636 bits per heavy atom. The van der Waals surface area contributed by atoms with Gasteiger partial charge in [-0.2, -0.15) is 0 Å². The normalized spacial score (nSPS) is 17.8. The lowest BCUT2D eigenvalue weighted by atomic mass is 10.1. The smallest absolute Gasteiger partial charge is 0.257 e. The molecule has 3 amide bonds. The number of carbonyl (C=O) groups excluding carboxylic acids is 3. The van der Waals surface area contributed by atoms with Crippen LogP contribution < -0.4 is 29.0 Å². The zero-order chi connectivity index (χ0) is 54.6. The van der Waals surface area contributed by atoms with E-state index in [1.165, 1.54) is 11.1 Å². The van der Waals surface area contributed by atoms with Gasteiger partial charge in [0, 0.05) is 55.4 Å². The molecule has 20 heteroatoms. The highest BCUT2D eigenvalue weighted by atomic mass is 33.1. The molecule has 0 unspecified atom stereocenters. The predicted molar refractivity (Wildman–Crippen MR) is 301 cm³/mol. The highest BCUT2D eigenvalue weighted by molar-refractivity contribution is 8.76. The predicted octanol–water partition coefficient (Wildman–Crippen LogP) is 8.76. The fourth-order valence-electron chi connectivity index (χ4n) is 9.06. The fourth-order valence-corrected chi connectivity index (χ4v) is 11.3. The maximum Gasteiger partial charge on any atom is 0.257 e. The average molecular weight is 1100 g/mol. The summed E-state index contributed by atoms with van der Waals surface area (Å²) in [5, 5.41) is 2.91. The minimum atomic E-state index is -0.109. The highest BCUT2D eigenvalue weighted by Gasteiger charge is 2.36. The summed E-state index contributed by atoms with van der Waals surface area (Å²) in [6.07, 6.45) is 12.7. The van der Waals surface area contributed by atoms with Gasteiger partial charge in [-0.25, -0.2) is 0 Å². The minimum Gasteiger partial charge on any atom is -0.493 e. The lowest BCUT2D eigenvalue weighted by Crippen LogP contribution is -2.35. The van der Waals surface area contributed by atoms with E-state index in [0.717, 1.165) is 30.4 Å². The Bertz CT molecular complexity index is 2470. The molecule has 0 aliphatic carbocycles. The highest BCUT2D eigenvalue weighted by Crippen LogP contribution is 2.41. The van der Waals surface area contributed by atoms with Crippen molar-refractivity contribution in [2.75, 3.05) is 113 Å². The molecule has 1 N–H and O–H groups in total. The molecule has 4 aliphatic rings. The van der Waals surface area contributed by atoms with Gasteiger partial charge in [0.2, 0.25) is 5.91 Å². The van der Waals surface area contributed by atoms with Crippen LogP contribution in [0.5, 0.6) is 28.7 Å². The second-order valence-corrected chi connectivity index (χ2v) is 22.3. The van der Waals surface area contributed by atoms with Gasteiger partial charge in [-0.05, 0) is 94.7 Å². The first-order valence-electron chi connectivity index (χ1n) is 26.2. The maximum atomic E-state index is 13.7. The van der Waals surface area contributed by atoms with Gasteiger partial charge >= 0.3 is 0 Å². The van der Waals surface area contributed by atoms with Crippen LogP contribution in [0.3, 0.4) is 0 Å². The zero-order valence-corrected chi connectivity index (χ0v) is 47.2. The number of ether oxygens (including phenoxy) is 10. The van der Waals surface area contributed by atoms with Gasteiger partial charge < -0.3 is 62.5 Å². The Balaban J connectivity index is 0.867. The van der Waals surface area contributed by atoms with Gasteiger partial charge in [0.15, 0.2) is 23.0 Å². The van der Waals surface area contributed by atoms with E-state index in [1.54, 1.807) is 60.1 Å². The molecule has 2 atom stereocenters. The molecule has 2 fully saturated rings. The summed E-state index contributed by atoms with van der Waals surface area (Å²) >= 11 is 0. The van der Waals surface area contributed by atoms with Crippen LogP contribution in [-0.2, 0) is 41.7 Å². The van der Waals surface area contributed by atoms with E-state index in [2.05, 4.69) is 31.3 Å². The number of nitrogens with zero attached hydrogens (tertiary/aromatic N) is 4. The molecule has 0 aromatic heterocycles. The third-order valence-electron chi connectivity index (χ3n) is 13.3. The van der Waals surface area contributed by atoms with Crippen molar-refractivity contribution in [1.82, 2.24) is 15.1 Å². The van der Waals surface area contributed by atoms with Gasteiger partial charge in [-0.1, -0.05) is 44.9 Å². The molecule has 3 aromatic carbocycles. The molecule has 0 spiro atoms. The topological polar surface area (TPSA) is 187 Å². The first-order chi connectivity index (χ1) is 37.4. The number of allylic oxidation sites excluding steroid dienone is 2. The van der Waals surface area contributed by atoms with Crippen LogP contribution in [0.1, 0.15) is 85.2 Å². The molecule has 18 nitrogen and oxygen atoms in total. The van der Waals surface area contributed by atoms with E-state index in [0.29, 0.717) is 143 Å². The Labute approximate surface area is 461 Å². The molecule has 4 heterocycles. The van der Waals surface area contributed by atoms with Crippen molar-refractivity contribution < 1.29 is 61.8 Å². The van der Waals surface area contributed by atoms with Crippen LogP contribution in [0.15, 0.2) is 75.7 Å². The van der Waals surface area contributed by atoms with Gasteiger partial charge in [0.25, 0.3) is 11.8 Å². The standard InChI is InChI=1S/C57H75N5O13S2/c1-8-39-25-43-33-59-48-31-52(50(66-5)29-46(48)55(64)61(43)35-39)74-37-41-24-42(38-75-53-32-49-47(30-51(53)67-6)56(65)62-36-40(9-2)26-44(62)34-60-49)28-45(27-41)73-23-22-72-21-20-71-19-18-70-17-16-69-15-14-68-13-12-58-54(63)10-11-57(3,4)77-76-7/h8-9,24,27-34,43-44H,10-23,25-26,35-38H2,1-7H3,(H,58,63)/b39-8+,40-9+/t43-,44-/m0/s1. The number of aliphatic imine (C=N–C) groups is 2. The molecular formula is C57H75N5O13S2. The summed E-state index contributed by atoms with van der Waals surface area (Å²) in [6, 6.07) is 12.4. The number of rotatable bonds is 32. The van der Waals surface area contributed by atoms with E-state index in [4.69, 9.17) is 57.4 Å². The van der Waals surface area contributed by atoms with E-state index in [-0.39, 0.29) is 54.4 Å². The lowest BCUT2D eigenvalue weighted by Gasteiger charge is -2.21. The molecular weight excluding hydrogens is 1030 g/mol. The summed E-state index contributed by atoms with van der Waals surface area (Å²) in [7, 11) is 6.60.